The van der Waals surface area contributed by atoms with Gasteiger partial charge in [0.2, 0.25) is 0 Å². The molecule has 0 atom stereocenters. The molecule has 0 aliphatic rings. The van der Waals surface area contributed by atoms with Gasteiger partial charge in [-0.05, 0) is 17.5 Å². The minimum absolute atomic E-state index is 0.0855. The second-order valence-corrected chi connectivity index (χ2v) is 4.75. The summed E-state index contributed by atoms with van der Waals surface area (Å²) in [5.41, 5.74) is 1.84. The van der Waals surface area contributed by atoms with Crippen LogP contribution >= 0.6 is 11.6 Å². The van der Waals surface area contributed by atoms with Gasteiger partial charge in [-0.1, -0.05) is 13.8 Å². The molecule has 0 spiro atoms. The molecule has 94 valence electrons. The maximum Gasteiger partial charge on any atom is 0.269 e. The lowest BCUT2D eigenvalue weighted by atomic mass is 10.1. The number of alkyl halides is 1. The summed E-state index contributed by atoms with van der Waals surface area (Å²) in [6.07, 6.45) is 0. The van der Waals surface area contributed by atoms with E-state index < -0.39 is 4.92 Å². The molecule has 0 saturated carbocycles. The van der Waals surface area contributed by atoms with Crippen molar-refractivity contribution >= 4 is 23.0 Å². The van der Waals surface area contributed by atoms with Gasteiger partial charge in [0.1, 0.15) is 0 Å². The number of nitrogens with zero attached hydrogens (tertiary/aromatic N) is 2. The molecule has 0 bridgehead atoms. The first-order chi connectivity index (χ1) is 7.95. The van der Waals surface area contributed by atoms with Crippen molar-refractivity contribution in [2.24, 2.45) is 5.92 Å². The lowest BCUT2D eigenvalue weighted by molar-refractivity contribution is -0.384. The van der Waals surface area contributed by atoms with E-state index in [-0.39, 0.29) is 11.6 Å². The third-order valence-electron chi connectivity index (χ3n) is 2.47. The Kier molecular flexibility index (Phi) is 4.75. The molecule has 1 rings (SSSR count). The maximum absolute atomic E-state index is 10.7. The predicted molar refractivity (Wildman–Crippen MR) is 70.8 cm³/mol. The highest BCUT2D eigenvalue weighted by molar-refractivity contribution is 6.17. The van der Waals surface area contributed by atoms with Crippen LogP contribution in [0.15, 0.2) is 18.2 Å². The Morgan fingerprint density at radius 2 is 2.12 bits per heavy atom. The first-order valence-electron chi connectivity index (χ1n) is 5.50. The van der Waals surface area contributed by atoms with Gasteiger partial charge < -0.3 is 4.90 Å². The van der Waals surface area contributed by atoms with Crippen LogP contribution in [0.4, 0.5) is 11.4 Å². The van der Waals surface area contributed by atoms with Crippen molar-refractivity contribution in [3.05, 3.63) is 33.9 Å². The zero-order valence-electron chi connectivity index (χ0n) is 10.3. The number of hydrogen-bond acceptors (Lipinski definition) is 3. The third kappa shape index (κ3) is 3.60. The molecule has 0 heterocycles. The van der Waals surface area contributed by atoms with E-state index in [4.69, 9.17) is 11.6 Å². The summed E-state index contributed by atoms with van der Waals surface area (Å²) in [6.45, 7) is 5.15. The molecule has 0 N–H and O–H groups in total. The molecular weight excluding hydrogens is 240 g/mol. The SMILES string of the molecule is CC(C)CN(C)c1ccc([N+](=O)[O-])cc1CCl. The minimum atomic E-state index is -0.401. The first-order valence-corrected chi connectivity index (χ1v) is 6.03. The van der Waals surface area contributed by atoms with Gasteiger partial charge in [0.05, 0.1) is 4.92 Å². The van der Waals surface area contributed by atoms with Crippen LogP contribution in [0.25, 0.3) is 0 Å². The number of benzene rings is 1. The Bertz CT molecular complexity index is 407. The molecule has 1 aromatic carbocycles. The van der Waals surface area contributed by atoms with Crippen molar-refractivity contribution in [1.82, 2.24) is 0 Å². The highest BCUT2D eigenvalue weighted by Gasteiger charge is 2.13. The number of anilines is 1. The molecule has 0 amide bonds. The Hall–Kier alpha value is -1.29. The van der Waals surface area contributed by atoms with E-state index in [2.05, 4.69) is 18.7 Å². The van der Waals surface area contributed by atoms with Gasteiger partial charge in [0.15, 0.2) is 0 Å². The van der Waals surface area contributed by atoms with Gasteiger partial charge in [-0.15, -0.1) is 11.6 Å². The van der Waals surface area contributed by atoms with Crippen LogP contribution in [0.5, 0.6) is 0 Å². The first kappa shape index (κ1) is 13.8. The van der Waals surface area contributed by atoms with Crippen molar-refractivity contribution in [1.29, 1.82) is 0 Å². The second-order valence-electron chi connectivity index (χ2n) is 4.48. The molecule has 0 radical (unpaired) electrons. The molecule has 5 heteroatoms. The summed E-state index contributed by atoms with van der Waals surface area (Å²) in [4.78, 5) is 12.4. The number of rotatable bonds is 5. The Morgan fingerprint density at radius 1 is 1.47 bits per heavy atom. The van der Waals surface area contributed by atoms with Gasteiger partial charge in [0.25, 0.3) is 5.69 Å². The van der Waals surface area contributed by atoms with Gasteiger partial charge in [-0.2, -0.15) is 0 Å². The molecule has 0 unspecified atom stereocenters. The summed E-state index contributed by atoms with van der Waals surface area (Å²) in [6, 6.07) is 4.82. The van der Waals surface area contributed by atoms with Crippen LogP contribution in [0.2, 0.25) is 0 Å². The van der Waals surface area contributed by atoms with Crippen molar-refractivity contribution in [3.8, 4) is 0 Å². The topological polar surface area (TPSA) is 46.4 Å². The van der Waals surface area contributed by atoms with Crippen LogP contribution in [-0.2, 0) is 5.88 Å². The molecule has 4 nitrogen and oxygen atoms in total. The average Bonchev–Trinajstić information content (AvgIpc) is 2.27. The Morgan fingerprint density at radius 3 is 2.59 bits per heavy atom. The summed E-state index contributed by atoms with van der Waals surface area (Å²) in [5, 5.41) is 10.7. The van der Waals surface area contributed by atoms with Gasteiger partial charge >= 0.3 is 0 Å². The lowest BCUT2D eigenvalue weighted by Crippen LogP contribution is -2.23. The van der Waals surface area contributed by atoms with Crippen molar-refractivity contribution in [2.75, 3.05) is 18.5 Å². The summed E-state index contributed by atoms with van der Waals surface area (Å²) >= 11 is 5.84. The van der Waals surface area contributed by atoms with E-state index in [1.165, 1.54) is 6.07 Å². The Balaban J connectivity index is 3.03. The summed E-state index contributed by atoms with van der Waals surface area (Å²) in [5.74, 6) is 0.803. The standard InChI is InChI=1S/C12H17ClN2O2/c1-9(2)8-14(3)12-5-4-11(15(16)17)6-10(12)7-13/h4-6,9H,7-8H2,1-3H3. The number of nitro benzene ring substituents is 1. The zero-order chi connectivity index (χ0) is 13.0. The fourth-order valence-electron chi connectivity index (χ4n) is 1.81. The number of nitro groups is 1. The highest BCUT2D eigenvalue weighted by Crippen LogP contribution is 2.26. The van der Waals surface area contributed by atoms with Crippen molar-refractivity contribution in [2.45, 2.75) is 19.7 Å². The largest absolute Gasteiger partial charge is 0.374 e. The maximum atomic E-state index is 10.7. The molecule has 0 saturated heterocycles. The van der Waals surface area contributed by atoms with E-state index in [0.717, 1.165) is 17.8 Å². The molecule has 0 aromatic heterocycles. The number of non-ortho nitro benzene ring substituents is 1. The Labute approximate surface area is 106 Å². The third-order valence-corrected chi connectivity index (χ3v) is 2.76. The van der Waals surface area contributed by atoms with Crippen LogP contribution in [0.3, 0.4) is 0 Å². The van der Waals surface area contributed by atoms with Crippen LogP contribution in [0, 0.1) is 16.0 Å². The van der Waals surface area contributed by atoms with Gasteiger partial charge in [-0.3, -0.25) is 10.1 Å². The molecule has 0 aliphatic heterocycles. The summed E-state index contributed by atoms with van der Waals surface area (Å²) < 4.78 is 0. The monoisotopic (exact) mass is 256 g/mol. The molecule has 0 aliphatic carbocycles. The fraction of sp³-hybridized carbons (Fsp3) is 0.500. The van der Waals surface area contributed by atoms with Crippen molar-refractivity contribution in [3.63, 3.8) is 0 Å². The van der Waals surface area contributed by atoms with E-state index in [1.807, 2.05) is 7.05 Å². The quantitative estimate of drug-likeness (QED) is 0.461. The van der Waals surface area contributed by atoms with Crippen LogP contribution < -0.4 is 4.90 Å². The highest BCUT2D eigenvalue weighted by atomic mass is 35.5. The smallest absolute Gasteiger partial charge is 0.269 e. The predicted octanol–water partition coefficient (Wildman–Crippen LogP) is 3.43. The van der Waals surface area contributed by atoms with E-state index in [0.29, 0.717) is 5.92 Å². The van der Waals surface area contributed by atoms with Crippen LogP contribution in [-0.4, -0.2) is 18.5 Å². The van der Waals surface area contributed by atoms with Gasteiger partial charge in [0, 0.05) is 37.3 Å². The number of halogens is 1. The normalized spacial score (nSPS) is 10.6. The van der Waals surface area contributed by atoms with Gasteiger partial charge in [-0.25, -0.2) is 0 Å². The second kappa shape index (κ2) is 5.87. The minimum Gasteiger partial charge on any atom is -0.374 e. The summed E-state index contributed by atoms with van der Waals surface area (Å²) in [7, 11) is 1.97. The lowest BCUT2D eigenvalue weighted by Gasteiger charge is -2.23. The molecule has 1 aromatic rings. The molecule has 17 heavy (non-hydrogen) atoms. The average molecular weight is 257 g/mol. The van der Waals surface area contributed by atoms with Crippen molar-refractivity contribution < 1.29 is 4.92 Å². The molecule has 0 fully saturated rings. The van der Waals surface area contributed by atoms with E-state index >= 15 is 0 Å². The van der Waals surface area contributed by atoms with Crippen LogP contribution in [0.1, 0.15) is 19.4 Å². The fourth-order valence-corrected chi connectivity index (χ4v) is 2.03. The van der Waals surface area contributed by atoms with E-state index in [9.17, 15) is 10.1 Å². The number of hydrogen-bond donors (Lipinski definition) is 0. The molecular formula is C12H17ClN2O2. The van der Waals surface area contributed by atoms with E-state index in [1.54, 1.807) is 12.1 Å². The zero-order valence-corrected chi connectivity index (χ0v) is 11.1.